The van der Waals surface area contributed by atoms with Crippen LogP contribution in [0.3, 0.4) is 0 Å². The second kappa shape index (κ2) is 6.40. The zero-order valence-electron chi connectivity index (χ0n) is 12.1. The first kappa shape index (κ1) is 13.6. The molecular formula is C17H24N2O. The van der Waals surface area contributed by atoms with E-state index in [0.717, 1.165) is 56.9 Å². The second-order valence-corrected chi connectivity index (χ2v) is 6.09. The van der Waals surface area contributed by atoms with Gasteiger partial charge in [0.15, 0.2) is 0 Å². The van der Waals surface area contributed by atoms with Crippen LogP contribution in [0.5, 0.6) is 0 Å². The van der Waals surface area contributed by atoms with Gasteiger partial charge >= 0.3 is 0 Å². The van der Waals surface area contributed by atoms with E-state index in [1.807, 2.05) is 17.0 Å². The molecule has 0 unspecified atom stereocenters. The molecule has 2 aliphatic rings. The fourth-order valence-electron chi connectivity index (χ4n) is 3.31. The lowest BCUT2D eigenvalue weighted by molar-refractivity contribution is 0.0793. The Kier molecular flexibility index (Phi) is 4.36. The van der Waals surface area contributed by atoms with Gasteiger partial charge in [-0.2, -0.15) is 0 Å². The summed E-state index contributed by atoms with van der Waals surface area (Å²) < 4.78 is 0. The smallest absolute Gasteiger partial charge is 0.253 e. The number of hydrogen-bond donors (Lipinski definition) is 1. The number of benzene rings is 1. The van der Waals surface area contributed by atoms with E-state index >= 15 is 0 Å². The summed E-state index contributed by atoms with van der Waals surface area (Å²) in [7, 11) is 0. The average molecular weight is 272 g/mol. The van der Waals surface area contributed by atoms with E-state index in [-0.39, 0.29) is 5.91 Å². The molecule has 0 saturated carbocycles. The van der Waals surface area contributed by atoms with Crippen molar-refractivity contribution in [1.29, 1.82) is 0 Å². The van der Waals surface area contributed by atoms with Gasteiger partial charge in [-0.05, 0) is 68.8 Å². The van der Waals surface area contributed by atoms with Gasteiger partial charge in [0.2, 0.25) is 0 Å². The Balaban J connectivity index is 1.60. The van der Waals surface area contributed by atoms with Crippen molar-refractivity contribution in [2.45, 2.75) is 32.1 Å². The maximum absolute atomic E-state index is 12.3. The van der Waals surface area contributed by atoms with Gasteiger partial charge in [0.05, 0.1) is 0 Å². The van der Waals surface area contributed by atoms with Crippen LogP contribution in [0.1, 0.15) is 41.6 Å². The Morgan fingerprint density at radius 1 is 1.10 bits per heavy atom. The number of nitrogens with zero attached hydrogens (tertiary/aromatic N) is 1. The second-order valence-electron chi connectivity index (χ2n) is 6.09. The molecule has 0 radical (unpaired) electrons. The topological polar surface area (TPSA) is 32.3 Å². The first-order valence-corrected chi connectivity index (χ1v) is 7.92. The first-order valence-electron chi connectivity index (χ1n) is 7.92. The molecule has 2 aliphatic heterocycles. The van der Waals surface area contributed by atoms with Crippen LogP contribution in [-0.2, 0) is 6.42 Å². The van der Waals surface area contributed by atoms with Crippen LogP contribution in [0.2, 0.25) is 0 Å². The third-order valence-corrected chi connectivity index (χ3v) is 4.58. The van der Waals surface area contributed by atoms with Crippen LogP contribution in [0, 0.1) is 5.92 Å². The van der Waals surface area contributed by atoms with E-state index in [9.17, 15) is 4.79 Å². The third-order valence-electron chi connectivity index (χ3n) is 4.58. The minimum absolute atomic E-state index is 0.205. The van der Waals surface area contributed by atoms with Crippen LogP contribution < -0.4 is 5.32 Å². The standard InChI is InChI=1S/C17H24N2O/c20-17(19-11-1-2-12-19)16-5-3-14(4-6-16)13-15-7-9-18-10-8-15/h3-6,15,18H,1-2,7-13H2. The molecule has 1 aromatic rings. The molecule has 3 heteroatoms. The molecule has 0 aromatic heterocycles. The molecule has 1 N–H and O–H groups in total. The number of rotatable bonds is 3. The Bertz CT molecular complexity index is 443. The molecular weight excluding hydrogens is 248 g/mol. The Labute approximate surface area is 121 Å². The van der Waals surface area contributed by atoms with Crippen LogP contribution in [0.25, 0.3) is 0 Å². The number of carbonyl (C=O) groups is 1. The van der Waals surface area contributed by atoms with Crippen LogP contribution in [-0.4, -0.2) is 37.0 Å². The van der Waals surface area contributed by atoms with Crippen molar-refractivity contribution in [3.05, 3.63) is 35.4 Å². The predicted octanol–water partition coefficient (Wildman–Crippen LogP) is 2.46. The van der Waals surface area contributed by atoms with E-state index < -0.39 is 0 Å². The lowest BCUT2D eigenvalue weighted by Crippen LogP contribution is -2.28. The molecule has 0 aliphatic carbocycles. The Morgan fingerprint density at radius 3 is 2.40 bits per heavy atom. The highest BCUT2D eigenvalue weighted by atomic mass is 16.2. The SMILES string of the molecule is O=C(c1ccc(CC2CCNCC2)cc1)N1CCCC1. The zero-order chi connectivity index (χ0) is 13.8. The molecule has 3 nitrogen and oxygen atoms in total. The minimum atomic E-state index is 0.205. The number of piperidine rings is 1. The maximum atomic E-state index is 12.3. The summed E-state index contributed by atoms with van der Waals surface area (Å²) in [5.41, 5.74) is 2.22. The average Bonchev–Trinajstić information content (AvgIpc) is 3.03. The summed E-state index contributed by atoms with van der Waals surface area (Å²) >= 11 is 0. The fraction of sp³-hybridized carbons (Fsp3) is 0.588. The Morgan fingerprint density at radius 2 is 1.75 bits per heavy atom. The summed E-state index contributed by atoms with van der Waals surface area (Å²) in [5, 5.41) is 3.41. The number of hydrogen-bond acceptors (Lipinski definition) is 2. The zero-order valence-corrected chi connectivity index (χ0v) is 12.1. The van der Waals surface area contributed by atoms with E-state index in [1.54, 1.807) is 0 Å². The van der Waals surface area contributed by atoms with Gasteiger partial charge in [-0.15, -0.1) is 0 Å². The van der Waals surface area contributed by atoms with Crippen molar-refractivity contribution >= 4 is 5.91 Å². The molecule has 3 rings (SSSR count). The van der Waals surface area contributed by atoms with E-state index in [1.165, 1.54) is 18.4 Å². The van der Waals surface area contributed by atoms with Crippen molar-refractivity contribution in [2.24, 2.45) is 5.92 Å². The van der Waals surface area contributed by atoms with Crippen LogP contribution >= 0.6 is 0 Å². The van der Waals surface area contributed by atoms with Gasteiger partial charge in [-0.3, -0.25) is 4.79 Å². The maximum Gasteiger partial charge on any atom is 0.253 e. The van der Waals surface area contributed by atoms with Crippen molar-refractivity contribution in [2.75, 3.05) is 26.2 Å². The van der Waals surface area contributed by atoms with Gasteiger partial charge in [0.25, 0.3) is 5.91 Å². The summed E-state index contributed by atoms with van der Waals surface area (Å²) in [4.78, 5) is 14.2. The first-order chi connectivity index (χ1) is 9.83. The van der Waals surface area contributed by atoms with Gasteiger partial charge in [0.1, 0.15) is 0 Å². The number of amides is 1. The highest BCUT2D eigenvalue weighted by Gasteiger charge is 2.19. The van der Waals surface area contributed by atoms with Gasteiger partial charge in [0, 0.05) is 18.7 Å². The predicted molar refractivity (Wildman–Crippen MR) is 80.9 cm³/mol. The number of carbonyl (C=O) groups excluding carboxylic acids is 1. The monoisotopic (exact) mass is 272 g/mol. The van der Waals surface area contributed by atoms with Gasteiger partial charge < -0.3 is 10.2 Å². The molecule has 108 valence electrons. The molecule has 2 saturated heterocycles. The Hall–Kier alpha value is -1.35. The molecule has 0 atom stereocenters. The summed E-state index contributed by atoms with van der Waals surface area (Å²) in [6, 6.07) is 8.31. The number of nitrogens with one attached hydrogen (secondary N) is 1. The van der Waals surface area contributed by atoms with Crippen molar-refractivity contribution in [3.8, 4) is 0 Å². The molecule has 2 heterocycles. The van der Waals surface area contributed by atoms with Crippen molar-refractivity contribution in [3.63, 3.8) is 0 Å². The molecule has 1 amide bonds. The van der Waals surface area contributed by atoms with E-state index in [4.69, 9.17) is 0 Å². The van der Waals surface area contributed by atoms with Gasteiger partial charge in [-0.1, -0.05) is 12.1 Å². The van der Waals surface area contributed by atoms with Crippen molar-refractivity contribution in [1.82, 2.24) is 10.2 Å². The van der Waals surface area contributed by atoms with E-state index in [2.05, 4.69) is 17.4 Å². The summed E-state index contributed by atoms with van der Waals surface area (Å²) in [5.74, 6) is 1.01. The lowest BCUT2D eigenvalue weighted by Gasteiger charge is -2.22. The van der Waals surface area contributed by atoms with Crippen LogP contribution in [0.4, 0.5) is 0 Å². The molecule has 0 bridgehead atoms. The quantitative estimate of drug-likeness (QED) is 0.916. The van der Waals surface area contributed by atoms with Crippen molar-refractivity contribution < 1.29 is 4.79 Å². The minimum Gasteiger partial charge on any atom is -0.339 e. The summed E-state index contributed by atoms with van der Waals surface area (Å²) in [6.45, 7) is 4.15. The molecule has 20 heavy (non-hydrogen) atoms. The van der Waals surface area contributed by atoms with Gasteiger partial charge in [-0.25, -0.2) is 0 Å². The molecule has 0 spiro atoms. The fourth-order valence-corrected chi connectivity index (χ4v) is 3.31. The molecule has 1 aromatic carbocycles. The summed E-state index contributed by atoms with van der Waals surface area (Å²) in [6.07, 6.45) is 6.00. The highest BCUT2D eigenvalue weighted by Crippen LogP contribution is 2.19. The highest BCUT2D eigenvalue weighted by molar-refractivity contribution is 5.94. The molecule has 2 fully saturated rings. The number of likely N-dealkylation sites (tertiary alicyclic amines) is 1. The normalized spacial score (nSPS) is 20.3. The van der Waals surface area contributed by atoms with Crippen LogP contribution in [0.15, 0.2) is 24.3 Å². The third kappa shape index (κ3) is 3.21. The van der Waals surface area contributed by atoms with E-state index in [0.29, 0.717) is 0 Å². The lowest BCUT2D eigenvalue weighted by atomic mass is 9.91. The largest absolute Gasteiger partial charge is 0.339 e.